The molecule has 3 rings (SSSR count). The summed E-state index contributed by atoms with van der Waals surface area (Å²) in [6.45, 7) is 2.95. The summed E-state index contributed by atoms with van der Waals surface area (Å²) in [5.41, 5.74) is 5.05. The minimum Gasteiger partial charge on any atom is -0.337 e. The third kappa shape index (κ3) is 2.43. The van der Waals surface area contributed by atoms with Gasteiger partial charge in [0, 0.05) is 37.8 Å². The number of imidazole rings is 1. The maximum atomic E-state index is 5.73. The molecule has 0 radical (unpaired) electrons. The number of nitrogens with one attached hydrogen (secondary N) is 1. The molecule has 0 amide bonds. The fourth-order valence-electron chi connectivity index (χ4n) is 2.72. The van der Waals surface area contributed by atoms with Gasteiger partial charge in [-0.25, -0.2) is 10.4 Å². The van der Waals surface area contributed by atoms with Crippen molar-refractivity contribution in [2.45, 2.75) is 25.9 Å². The number of nitrogens with zero attached hydrogens (tertiary/aromatic N) is 4. The van der Waals surface area contributed by atoms with Crippen LogP contribution >= 0.6 is 0 Å². The van der Waals surface area contributed by atoms with E-state index in [1.807, 2.05) is 34.6 Å². The highest BCUT2D eigenvalue weighted by Crippen LogP contribution is 2.23. The standard InChI is InChI=1S/C15H20N6/c1-3-21-14-7-5-4-6-11(14)12(19-21)10-13(18-16)15-17-8-9-20(15)2/h4-9,13,18H,3,10,16H2,1-2H3. The SMILES string of the molecule is CCn1nc(CC(NN)c2nccn2C)c2ccccc21. The van der Waals surface area contributed by atoms with Gasteiger partial charge in [0.1, 0.15) is 5.82 Å². The molecule has 21 heavy (non-hydrogen) atoms. The first-order chi connectivity index (χ1) is 10.2. The molecule has 0 aliphatic carbocycles. The van der Waals surface area contributed by atoms with Crippen molar-refractivity contribution < 1.29 is 0 Å². The summed E-state index contributed by atoms with van der Waals surface area (Å²) in [6.07, 6.45) is 4.40. The van der Waals surface area contributed by atoms with Crippen LogP contribution in [0.5, 0.6) is 0 Å². The topological polar surface area (TPSA) is 73.7 Å². The van der Waals surface area contributed by atoms with E-state index in [1.54, 1.807) is 6.20 Å². The molecule has 110 valence electrons. The number of rotatable bonds is 5. The van der Waals surface area contributed by atoms with Crippen molar-refractivity contribution in [2.75, 3.05) is 0 Å². The zero-order valence-corrected chi connectivity index (χ0v) is 12.3. The maximum Gasteiger partial charge on any atom is 0.127 e. The minimum absolute atomic E-state index is 0.0615. The Morgan fingerprint density at radius 3 is 2.81 bits per heavy atom. The molecule has 0 saturated heterocycles. The number of benzene rings is 1. The Hall–Kier alpha value is -2.18. The Morgan fingerprint density at radius 1 is 1.33 bits per heavy atom. The normalized spacial score (nSPS) is 12.9. The first kappa shape index (κ1) is 13.8. The molecule has 0 fully saturated rings. The molecular formula is C15H20N6. The molecule has 6 heteroatoms. The van der Waals surface area contributed by atoms with Crippen LogP contribution in [0.3, 0.4) is 0 Å². The lowest BCUT2D eigenvalue weighted by molar-refractivity contribution is 0.499. The highest BCUT2D eigenvalue weighted by molar-refractivity contribution is 5.82. The van der Waals surface area contributed by atoms with Gasteiger partial charge in [-0.1, -0.05) is 18.2 Å². The average Bonchev–Trinajstić information content (AvgIpc) is 3.09. The van der Waals surface area contributed by atoms with Crippen molar-refractivity contribution in [1.82, 2.24) is 24.8 Å². The Bertz CT molecular complexity index is 742. The fraction of sp³-hybridized carbons (Fsp3) is 0.333. The van der Waals surface area contributed by atoms with E-state index in [0.717, 1.165) is 23.6 Å². The number of para-hydroxylation sites is 1. The Morgan fingerprint density at radius 2 is 2.14 bits per heavy atom. The lowest BCUT2D eigenvalue weighted by atomic mass is 10.1. The summed E-state index contributed by atoms with van der Waals surface area (Å²) in [5, 5.41) is 5.89. The van der Waals surface area contributed by atoms with Gasteiger partial charge < -0.3 is 4.57 Å². The molecule has 2 aromatic heterocycles. The molecule has 3 N–H and O–H groups in total. The molecule has 6 nitrogen and oxygen atoms in total. The predicted molar refractivity (Wildman–Crippen MR) is 82.4 cm³/mol. The maximum absolute atomic E-state index is 5.73. The summed E-state index contributed by atoms with van der Waals surface area (Å²) >= 11 is 0. The van der Waals surface area contributed by atoms with Crippen molar-refractivity contribution in [3.05, 3.63) is 48.2 Å². The molecule has 3 aromatic rings. The molecule has 0 aliphatic rings. The second kappa shape index (κ2) is 5.67. The monoisotopic (exact) mass is 284 g/mol. The van der Waals surface area contributed by atoms with Crippen LogP contribution < -0.4 is 11.3 Å². The van der Waals surface area contributed by atoms with Crippen molar-refractivity contribution in [3.63, 3.8) is 0 Å². The van der Waals surface area contributed by atoms with E-state index < -0.39 is 0 Å². The zero-order valence-electron chi connectivity index (χ0n) is 12.3. The third-order valence-corrected chi connectivity index (χ3v) is 3.80. The second-order valence-electron chi connectivity index (χ2n) is 5.10. The molecule has 0 aliphatic heterocycles. The van der Waals surface area contributed by atoms with Gasteiger partial charge in [0.2, 0.25) is 0 Å². The van der Waals surface area contributed by atoms with Crippen molar-refractivity contribution in [3.8, 4) is 0 Å². The number of hydrogen-bond acceptors (Lipinski definition) is 4. The number of aryl methyl sites for hydroxylation is 2. The molecule has 1 aromatic carbocycles. The molecule has 0 saturated carbocycles. The quantitative estimate of drug-likeness (QED) is 0.550. The van der Waals surface area contributed by atoms with Gasteiger partial charge in [0.05, 0.1) is 17.3 Å². The van der Waals surface area contributed by atoms with Gasteiger partial charge in [-0.3, -0.25) is 10.5 Å². The van der Waals surface area contributed by atoms with E-state index in [9.17, 15) is 0 Å². The summed E-state index contributed by atoms with van der Waals surface area (Å²) in [4.78, 5) is 4.38. The third-order valence-electron chi connectivity index (χ3n) is 3.80. The first-order valence-corrected chi connectivity index (χ1v) is 7.12. The highest BCUT2D eigenvalue weighted by Gasteiger charge is 2.19. The van der Waals surface area contributed by atoms with Gasteiger partial charge in [0.25, 0.3) is 0 Å². The van der Waals surface area contributed by atoms with E-state index in [1.165, 1.54) is 5.39 Å². The van der Waals surface area contributed by atoms with Crippen LogP contribution in [-0.4, -0.2) is 19.3 Å². The van der Waals surface area contributed by atoms with Crippen LogP contribution in [0.15, 0.2) is 36.7 Å². The smallest absolute Gasteiger partial charge is 0.127 e. The van der Waals surface area contributed by atoms with E-state index >= 15 is 0 Å². The van der Waals surface area contributed by atoms with Crippen LogP contribution in [0.1, 0.15) is 24.5 Å². The van der Waals surface area contributed by atoms with E-state index in [-0.39, 0.29) is 6.04 Å². The largest absolute Gasteiger partial charge is 0.337 e. The molecule has 1 atom stereocenters. The summed E-state index contributed by atoms with van der Waals surface area (Å²) < 4.78 is 4.00. The number of aromatic nitrogens is 4. The van der Waals surface area contributed by atoms with Crippen LogP contribution in [0.2, 0.25) is 0 Å². The van der Waals surface area contributed by atoms with Crippen LogP contribution in [0.25, 0.3) is 10.9 Å². The summed E-state index contributed by atoms with van der Waals surface area (Å²) in [6, 6.07) is 8.22. The van der Waals surface area contributed by atoms with Gasteiger partial charge in [-0.05, 0) is 13.0 Å². The Kier molecular flexibility index (Phi) is 3.72. The highest BCUT2D eigenvalue weighted by atomic mass is 15.3. The van der Waals surface area contributed by atoms with E-state index in [4.69, 9.17) is 10.9 Å². The van der Waals surface area contributed by atoms with Crippen LogP contribution in [-0.2, 0) is 20.0 Å². The zero-order chi connectivity index (χ0) is 14.8. The fourth-order valence-corrected chi connectivity index (χ4v) is 2.72. The van der Waals surface area contributed by atoms with Gasteiger partial charge in [-0.2, -0.15) is 5.10 Å². The van der Waals surface area contributed by atoms with Crippen LogP contribution in [0.4, 0.5) is 0 Å². The van der Waals surface area contributed by atoms with E-state index in [0.29, 0.717) is 6.42 Å². The van der Waals surface area contributed by atoms with Crippen LogP contribution in [0, 0.1) is 0 Å². The van der Waals surface area contributed by atoms with Crippen molar-refractivity contribution >= 4 is 10.9 Å². The molecule has 2 heterocycles. The molecule has 0 bridgehead atoms. The molecular weight excluding hydrogens is 264 g/mol. The molecule has 1 unspecified atom stereocenters. The number of hydrazine groups is 1. The predicted octanol–water partition coefficient (Wildman–Crippen LogP) is 1.54. The van der Waals surface area contributed by atoms with Gasteiger partial charge >= 0.3 is 0 Å². The lowest BCUT2D eigenvalue weighted by Gasteiger charge is -2.14. The summed E-state index contributed by atoms with van der Waals surface area (Å²) in [7, 11) is 1.97. The van der Waals surface area contributed by atoms with Gasteiger partial charge in [-0.15, -0.1) is 0 Å². The lowest BCUT2D eigenvalue weighted by Crippen LogP contribution is -2.31. The molecule has 0 spiro atoms. The Labute approximate surface area is 123 Å². The Balaban J connectivity index is 1.99. The van der Waals surface area contributed by atoms with Gasteiger partial charge in [0.15, 0.2) is 0 Å². The second-order valence-corrected chi connectivity index (χ2v) is 5.10. The van der Waals surface area contributed by atoms with Crippen molar-refractivity contribution in [1.29, 1.82) is 0 Å². The summed E-state index contributed by atoms with van der Waals surface area (Å²) in [5.74, 6) is 6.64. The minimum atomic E-state index is -0.0615. The van der Waals surface area contributed by atoms with Crippen molar-refractivity contribution in [2.24, 2.45) is 12.9 Å². The average molecular weight is 284 g/mol. The number of fused-ring (bicyclic) bond motifs is 1. The first-order valence-electron chi connectivity index (χ1n) is 7.12. The number of nitrogens with two attached hydrogens (primary N) is 1. The number of hydrogen-bond donors (Lipinski definition) is 2. The van der Waals surface area contributed by atoms with E-state index in [2.05, 4.69) is 29.5 Å².